The minimum absolute atomic E-state index is 0.0707. The van der Waals surface area contributed by atoms with Gasteiger partial charge in [-0.25, -0.2) is 4.39 Å². The molecular formula is C21H13FN2O4. The number of anilines is 1. The standard InChI is InChI=1S/C21H13FN2O4/c1-11-9-16(23-28-11)24-18(12-5-3-2-4-6-12)17-19(25)14-10-13(22)7-8-15(14)27-20(17)21(24)26/h2-10,18H,1H3/t18-/m0/s1. The molecule has 0 fully saturated rings. The summed E-state index contributed by atoms with van der Waals surface area (Å²) in [4.78, 5) is 27.8. The summed E-state index contributed by atoms with van der Waals surface area (Å²) >= 11 is 0. The van der Waals surface area contributed by atoms with E-state index in [1.807, 2.05) is 30.3 Å². The van der Waals surface area contributed by atoms with Crippen molar-refractivity contribution in [3.05, 3.63) is 93.3 Å². The number of fused-ring (bicyclic) bond motifs is 2. The predicted octanol–water partition coefficient (Wildman–Crippen LogP) is 3.98. The highest BCUT2D eigenvalue weighted by Crippen LogP contribution is 2.40. The first-order chi connectivity index (χ1) is 13.5. The maximum absolute atomic E-state index is 13.7. The number of benzene rings is 2. The third kappa shape index (κ3) is 2.29. The van der Waals surface area contributed by atoms with E-state index in [2.05, 4.69) is 5.16 Å². The van der Waals surface area contributed by atoms with E-state index in [4.69, 9.17) is 8.94 Å². The van der Waals surface area contributed by atoms with Crippen LogP contribution in [0.1, 0.15) is 33.5 Å². The second-order valence-electron chi connectivity index (χ2n) is 6.60. The molecule has 7 heteroatoms. The van der Waals surface area contributed by atoms with E-state index in [0.717, 1.165) is 6.07 Å². The third-order valence-electron chi connectivity index (χ3n) is 4.81. The second kappa shape index (κ2) is 5.88. The lowest BCUT2D eigenvalue weighted by Crippen LogP contribution is -2.29. The maximum atomic E-state index is 13.7. The number of nitrogens with zero attached hydrogens (tertiary/aromatic N) is 2. The zero-order chi connectivity index (χ0) is 19.4. The van der Waals surface area contributed by atoms with Gasteiger partial charge < -0.3 is 8.94 Å². The van der Waals surface area contributed by atoms with Gasteiger partial charge >= 0.3 is 0 Å². The van der Waals surface area contributed by atoms with Gasteiger partial charge in [0, 0.05) is 6.07 Å². The lowest BCUT2D eigenvalue weighted by molar-refractivity contribution is 0.0969. The van der Waals surface area contributed by atoms with Crippen molar-refractivity contribution >= 4 is 22.7 Å². The van der Waals surface area contributed by atoms with Gasteiger partial charge in [-0.3, -0.25) is 14.5 Å². The summed E-state index contributed by atoms with van der Waals surface area (Å²) in [6.07, 6.45) is 0. The number of hydrogen-bond donors (Lipinski definition) is 0. The highest BCUT2D eigenvalue weighted by Gasteiger charge is 2.44. The molecule has 0 spiro atoms. The molecule has 2 aromatic heterocycles. The van der Waals surface area contributed by atoms with Gasteiger partial charge in [0.25, 0.3) is 5.91 Å². The van der Waals surface area contributed by atoms with E-state index in [9.17, 15) is 14.0 Å². The van der Waals surface area contributed by atoms with E-state index in [-0.39, 0.29) is 28.1 Å². The fourth-order valence-electron chi connectivity index (χ4n) is 3.60. The van der Waals surface area contributed by atoms with E-state index in [1.54, 1.807) is 13.0 Å². The quantitative estimate of drug-likeness (QED) is 0.529. The van der Waals surface area contributed by atoms with Crippen molar-refractivity contribution in [2.24, 2.45) is 0 Å². The molecule has 0 N–H and O–H groups in total. The molecular weight excluding hydrogens is 363 g/mol. The van der Waals surface area contributed by atoms with Crippen molar-refractivity contribution < 1.29 is 18.1 Å². The fraction of sp³-hybridized carbons (Fsp3) is 0.0952. The molecule has 138 valence electrons. The highest BCUT2D eigenvalue weighted by molar-refractivity contribution is 6.10. The predicted molar refractivity (Wildman–Crippen MR) is 98.8 cm³/mol. The Kier molecular flexibility index (Phi) is 3.45. The summed E-state index contributed by atoms with van der Waals surface area (Å²) in [6, 6.07) is 13.6. The smallest absolute Gasteiger partial charge is 0.296 e. The van der Waals surface area contributed by atoms with Crippen molar-refractivity contribution in [3.8, 4) is 0 Å². The molecule has 3 heterocycles. The SMILES string of the molecule is Cc1cc(N2C(=O)c3oc4ccc(F)cc4c(=O)c3[C@@H]2c2ccccc2)no1. The molecule has 28 heavy (non-hydrogen) atoms. The lowest BCUT2D eigenvalue weighted by Gasteiger charge is -2.22. The summed E-state index contributed by atoms with van der Waals surface area (Å²) in [5.41, 5.74) is 0.581. The van der Waals surface area contributed by atoms with Crippen LogP contribution in [-0.4, -0.2) is 11.1 Å². The van der Waals surface area contributed by atoms with Crippen LogP contribution in [0.2, 0.25) is 0 Å². The molecule has 0 radical (unpaired) electrons. The van der Waals surface area contributed by atoms with E-state index in [1.165, 1.54) is 17.0 Å². The zero-order valence-electron chi connectivity index (χ0n) is 14.7. The Morgan fingerprint density at radius 2 is 1.86 bits per heavy atom. The van der Waals surface area contributed by atoms with Crippen LogP contribution in [-0.2, 0) is 0 Å². The first-order valence-corrected chi connectivity index (χ1v) is 8.62. The van der Waals surface area contributed by atoms with E-state index >= 15 is 0 Å². The topological polar surface area (TPSA) is 76.6 Å². The van der Waals surface area contributed by atoms with Gasteiger partial charge in [0.05, 0.1) is 17.0 Å². The van der Waals surface area contributed by atoms with E-state index < -0.39 is 23.2 Å². The van der Waals surface area contributed by atoms with Crippen molar-refractivity contribution in [1.82, 2.24) is 5.16 Å². The molecule has 0 aliphatic carbocycles. The van der Waals surface area contributed by atoms with Gasteiger partial charge in [-0.05, 0) is 30.7 Å². The van der Waals surface area contributed by atoms with Crippen molar-refractivity contribution in [2.45, 2.75) is 13.0 Å². The first-order valence-electron chi connectivity index (χ1n) is 8.62. The summed E-state index contributed by atoms with van der Waals surface area (Å²) in [5, 5.41) is 4.04. The van der Waals surface area contributed by atoms with Gasteiger partial charge in [0.2, 0.25) is 5.76 Å². The van der Waals surface area contributed by atoms with Crippen molar-refractivity contribution in [2.75, 3.05) is 4.90 Å². The molecule has 5 rings (SSSR count). The Labute approximate surface area is 157 Å². The Hall–Kier alpha value is -3.74. The monoisotopic (exact) mass is 376 g/mol. The average molecular weight is 376 g/mol. The average Bonchev–Trinajstić information content (AvgIpc) is 3.24. The van der Waals surface area contributed by atoms with Crippen molar-refractivity contribution in [3.63, 3.8) is 0 Å². The van der Waals surface area contributed by atoms with Crippen LogP contribution in [0.4, 0.5) is 10.2 Å². The molecule has 1 aliphatic rings. The zero-order valence-corrected chi connectivity index (χ0v) is 14.7. The van der Waals surface area contributed by atoms with Gasteiger partial charge in [-0.15, -0.1) is 0 Å². The molecule has 4 aromatic rings. The molecule has 1 atom stereocenters. The lowest BCUT2D eigenvalue weighted by atomic mass is 9.98. The van der Waals surface area contributed by atoms with Crippen LogP contribution in [0.25, 0.3) is 11.0 Å². The molecule has 1 aliphatic heterocycles. The third-order valence-corrected chi connectivity index (χ3v) is 4.81. The fourth-order valence-corrected chi connectivity index (χ4v) is 3.60. The Morgan fingerprint density at radius 3 is 2.57 bits per heavy atom. The normalized spacial score (nSPS) is 16.0. The largest absolute Gasteiger partial charge is 0.450 e. The van der Waals surface area contributed by atoms with Crippen LogP contribution >= 0.6 is 0 Å². The molecule has 0 saturated heterocycles. The molecule has 2 aromatic carbocycles. The minimum atomic E-state index is -0.753. The maximum Gasteiger partial charge on any atom is 0.296 e. The molecule has 0 unspecified atom stereocenters. The van der Waals surface area contributed by atoms with Crippen LogP contribution < -0.4 is 10.3 Å². The number of carbonyl (C=O) groups excluding carboxylic acids is 1. The summed E-state index contributed by atoms with van der Waals surface area (Å²) in [6.45, 7) is 1.71. The van der Waals surface area contributed by atoms with Crippen LogP contribution in [0.3, 0.4) is 0 Å². The van der Waals surface area contributed by atoms with Crippen LogP contribution in [0.15, 0.2) is 68.3 Å². The number of carbonyl (C=O) groups is 1. The van der Waals surface area contributed by atoms with Gasteiger partial charge in [-0.1, -0.05) is 35.5 Å². The number of halogens is 1. The highest BCUT2D eigenvalue weighted by atomic mass is 19.1. The summed E-state index contributed by atoms with van der Waals surface area (Å²) in [5.74, 6) is -0.321. The first kappa shape index (κ1) is 16.4. The summed E-state index contributed by atoms with van der Waals surface area (Å²) < 4.78 is 24.6. The Morgan fingerprint density at radius 1 is 1.07 bits per heavy atom. The number of hydrogen-bond acceptors (Lipinski definition) is 5. The number of rotatable bonds is 2. The van der Waals surface area contributed by atoms with Gasteiger partial charge in [0.15, 0.2) is 11.2 Å². The molecule has 0 bridgehead atoms. The van der Waals surface area contributed by atoms with Crippen LogP contribution in [0.5, 0.6) is 0 Å². The van der Waals surface area contributed by atoms with E-state index in [0.29, 0.717) is 11.3 Å². The number of aryl methyl sites for hydroxylation is 1. The number of aromatic nitrogens is 1. The second-order valence-corrected chi connectivity index (χ2v) is 6.60. The number of amides is 1. The molecule has 0 saturated carbocycles. The van der Waals surface area contributed by atoms with Crippen LogP contribution in [0, 0.1) is 12.7 Å². The molecule has 6 nitrogen and oxygen atoms in total. The van der Waals surface area contributed by atoms with Gasteiger partial charge in [0.1, 0.15) is 17.2 Å². The minimum Gasteiger partial charge on any atom is -0.450 e. The Balaban J connectivity index is 1.84. The summed E-state index contributed by atoms with van der Waals surface area (Å²) in [7, 11) is 0. The molecule has 1 amide bonds. The Bertz CT molecular complexity index is 1290. The van der Waals surface area contributed by atoms with Crippen molar-refractivity contribution in [1.29, 1.82) is 0 Å². The van der Waals surface area contributed by atoms with Gasteiger partial charge in [-0.2, -0.15) is 0 Å².